The third-order valence-electron chi connectivity index (χ3n) is 3.40. The van der Waals surface area contributed by atoms with Crippen molar-refractivity contribution in [3.05, 3.63) is 34.9 Å². The fraction of sp³-hybridized carbons (Fsp3) is 0.267. The summed E-state index contributed by atoms with van der Waals surface area (Å²) in [4.78, 5) is 4.23. The first kappa shape index (κ1) is 13.2. The zero-order chi connectivity index (χ0) is 14.1. The van der Waals surface area contributed by atoms with Crippen molar-refractivity contribution in [2.45, 2.75) is 6.42 Å². The highest BCUT2D eigenvalue weighted by molar-refractivity contribution is 6.37. The van der Waals surface area contributed by atoms with Gasteiger partial charge in [0.1, 0.15) is 5.75 Å². The molecule has 0 fully saturated rings. The molecule has 3 rings (SSSR count). The van der Waals surface area contributed by atoms with Crippen LogP contribution in [-0.2, 0) is 4.74 Å². The first-order valence-electron chi connectivity index (χ1n) is 6.34. The summed E-state index contributed by atoms with van der Waals surface area (Å²) in [7, 11) is 1.59. The molecule has 2 heterocycles. The summed E-state index contributed by atoms with van der Waals surface area (Å²) < 4.78 is 10.4. The second-order valence-electron chi connectivity index (χ2n) is 4.56. The number of rotatable bonds is 2. The summed E-state index contributed by atoms with van der Waals surface area (Å²) in [6.45, 7) is 1.16. The molecule has 2 aromatic rings. The Morgan fingerprint density at radius 1 is 1.40 bits per heavy atom. The Bertz CT molecular complexity index is 697. The lowest BCUT2D eigenvalue weighted by molar-refractivity contribution is 0.161. The van der Waals surface area contributed by atoms with E-state index in [4.69, 9.17) is 21.1 Å². The van der Waals surface area contributed by atoms with Crippen LogP contribution in [-0.4, -0.2) is 30.4 Å². The van der Waals surface area contributed by atoms with Crippen molar-refractivity contribution in [1.82, 2.24) is 4.98 Å². The summed E-state index contributed by atoms with van der Waals surface area (Å²) >= 11 is 6.45. The Balaban J connectivity index is 2.21. The maximum absolute atomic E-state index is 10.2. The van der Waals surface area contributed by atoms with E-state index in [1.165, 1.54) is 0 Å². The zero-order valence-corrected chi connectivity index (χ0v) is 11.8. The van der Waals surface area contributed by atoms with Crippen LogP contribution < -0.4 is 4.74 Å². The molecule has 0 atom stereocenters. The van der Waals surface area contributed by atoms with Gasteiger partial charge < -0.3 is 14.6 Å². The minimum Gasteiger partial charge on any atom is -0.497 e. The first-order chi connectivity index (χ1) is 9.70. The molecule has 0 saturated carbocycles. The van der Waals surface area contributed by atoms with Gasteiger partial charge in [0.05, 0.1) is 36.4 Å². The van der Waals surface area contributed by atoms with Gasteiger partial charge in [0, 0.05) is 11.5 Å². The van der Waals surface area contributed by atoms with Crippen LogP contribution in [0.15, 0.2) is 24.3 Å². The molecule has 0 bridgehead atoms. The van der Waals surface area contributed by atoms with Crippen molar-refractivity contribution in [2.75, 3.05) is 20.3 Å². The van der Waals surface area contributed by atoms with Crippen molar-refractivity contribution in [2.24, 2.45) is 0 Å². The summed E-state index contributed by atoms with van der Waals surface area (Å²) in [6, 6.07) is 5.44. The minimum atomic E-state index is -0.0519. The molecule has 104 valence electrons. The first-order valence-corrected chi connectivity index (χ1v) is 6.72. The van der Waals surface area contributed by atoms with Gasteiger partial charge in [-0.15, -0.1) is 0 Å². The van der Waals surface area contributed by atoms with E-state index in [1.807, 2.05) is 18.2 Å². The molecule has 0 amide bonds. The predicted octanol–water partition coefficient (Wildman–Crippen LogP) is 3.41. The Hall–Kier alpha value is -1.78. The normalized spacial score (nSPS) is 15.2. The van der Waals surface area contributed by atoms with Crippen molar-refractivity contribution >= 4 is 28.1 Å². The van der Waals surface area contributed by atoms with Crippen LogP contribution in [0.3, 0.4) is 0 Å². The standard InChI is InChI=1S/C15H14ClNO3/c1-19-10-2-3-11-12(8-10)17-15(18)13(14(11)16)9-4-6-20-7-5-9/h2-4,8H,5-7H2,1H3,(H,17,18). The average molecular weight is 292 g/mol. The number of halogens is 1. The molecule has 1 aromatic carbocycles. The maximum atomic E-state index is 10.2. The van der Waals surface area contributed by atoms with E-state index in [-0.39, 0.29) is 5.88 Å². The summed E-state index contributed by atoms with van der Waals surface area (Å²) in [5.41, 5.74) is 2.19. The van der Waals surface area contributed by atoms with E-state index < -0.39 is 0 Å². The van der Waals surface area contributed by atoms with Gasteiger partial charge in [-0.1, -0.05) is 17.7 Å². The maximum Gasteiger partial charge on any atom is 0.220 e. The molecular weight excluding hydrogens is 278 g/mol. The van der Waals surface area contributed by atoms with E-state index in [0.717, 1.165) is 17.4 Å². The number of benzene rings is 1. The van der Waals surface area contributed by atoms with Crippen LogP contribution in [0.4, 0.5) is 0 Å². The molecule has 1 aliphatic rings. The molecular formula is C15H14ClNO3. The highest BCUT2D eigenvalue weighted by Crippen LogP contribution is 2.39. The molecule has 1 aliphatic heterocycles. The highest BCUT2D eigenvalue weighted by Gasteiger charge is 2.18. The van der Waals surface area contributed by atoms with Crippen molar-refractivity contribution in [3.8, 4) is 11.6 Å². The number of aromatic hydroxyl groups is 1. The summed E-state index contributed by atoms with van der Waals surface area (Å²) in [5, 5.41) is 11.5. The Morgan fingerprint density at radius 2 is 2.25 bits per heavy atom. The van der Waals surface area contributed by atoms with E-state index in [2.05, 4.69) is 4.98 Å². The van der Waals surface area contributed by atoms with Crippen LogP contribution in [0.2, 0.25) is 5.02 Å². The Morgan fingerprint density at radius 3 is 2.95 bits per heavy atom. The van der Waals surface area contributed by atoms with Gasteiger partial charge in [-0.05, 0) is 24.1 Å². The lowest BCUT2D eigenvalue weighted by Crippen LogP contribution is -2.05. The number of hydrogen-bond acceptors (Lipinski definition) is 4. The number of hydrogen-bond donors (Lipinski definition) is 1. The third kappa shape index (κ3) is 2.21. The van der Waals surface area contributed by atoms with Gasteiger partial charge in [-0.25, -0.2) is 4.98 Å². The molecule has 0 saturated heterocycles. The number of ether oxygens (including phenoxy) is 2. The predicted molar refractivity (Wildman–Crippen MR) is 78.4 cm³/mol. The van der Waals surface area contributed by atoms with E-state index in [9.17, 15) is 5.11 Å². The second kappa shape index (κ2) is 5.31. The van der Waals surface area contributed by atoms with Gasteiger partial charge in [-0.2, -0.15) is 0 Å². The third-order valence-corrected chi connectivity index (χ3v) is 3.79. The molecule has 5 heteroatoms. The molecule has 0 spiro atoms. The minimum absolute atomic E-state index is 0.0519. The number of pyridine rings is 1. The van der Waals surface area contributed by atoms with Gasteiger partial charge in [0.2, 0.25) is 5.88 Å². The lowest BCUT2D eigenvalue weighted by atomic mass is 10.0. The zero-order valence-electron chi connectivity index (χ0n) is 11.0. The molecule has 0 aliphatic carbocycles. The van der Waals surface area contributed by atoms with E-state index in [0.29, 0.717) is 35.1 Å². The average Bonchev–Trinajstić information content (AvgIpc) is 2.47. The number of nitrogens with zero attached hydrogens (tertiary/aromatic N) is 1. The topological polar surface area (TPSA) is 51.6 Å². The molecule has 0 radical (unpaired) electrons. The van der Waals surface area contributed by atoms with Crippen molar-refractivity contribution < 1.29 is 14.6 Å². The number of aromatic nitrogens is 1. The monoisotopic (exact) mass is 291 g/mol. The van der Waals surface area contributed by atoms with Gasteiger partial charge in [-0.3, -0.25) is 0 Å². The fourth-order valence-corrected chi connectivity index (χ4v) is 2.72. The quantitative estimate of drug-likeness (QED) is 0.921. The molecule has 0 unspecified atom stereocenters. The molecule has 1 N–H and O–H groups in total. The SMILES string of the molecule is COc1ccc2c(Cl)c(C3=CCOCC3)c(O)nc2c1. The highest BCUT2D eigenvalue weighted by atomic mass is 35.5. The summed E-state index contributed by atoms with van der Waals surface area (Å²) in [6.07, 6.45) is 2.65. The molecule has 20 heavy (non-hydrogen) atoms. The molecule has 4 nitrogen and oxygen atoms in total. The van der Waals surface area contributed by atoms with Crippen LogP contribution in [0.25, 0.3) is 16.5 Å². The lowest BCUT2D eigenvalue weighted by Gasteiger charge is -2.17. The number of fused-ring (bicyclic) bond motifs is 1. The Kier molecular flexibility index (Phi) is 3.51. The van der Waals surface area contributed by atoms with Crippen LogP contribution in [0.1, 0.15) is 12.0 Å². The van der Waals surface area contributed by atoms with Crippen molar-refractivity contribution in [1.29, 1.82) is 0 Å². The van der Waals surface area contributed by atoms with Crippen LogP contribution >= 0.6 is 11.6 Å². The van der Waals surface area contributed by atoms with Gasteiger partial charge >= 0.3 is 0 Å². The smallest absolute Gasteiger partial charge is 0.220 e. The van der Waals surface area contributed by atoms with Gasteiger partial charge in [0.25, 0.3) is 0 Å². The van der Waals surface area contributed by atoms with Gasteiger partial charge in [0.15, 0.2) is 0 Å². The summed E-state index contributed by atoms with van der Waals surface area (Å²) in [5.74, 6) is 0.627. The second-order valence-corrected chi connectivity index (χ2v) is 4.94. The van der Waals surface area contributed by atoms with E-state index in [1.54, 1.807) is 13.2 Å². The van der Waals surface area contributed by atoms with E-state index >= 15 is 0 Å². The fourth-order valence-electron chi connectivity index (χ4n) is 2.36. The van der Waals surface area contributed by atoms with Crippen molar-refractivity contribution in [3.63, 3.8) is 0 Å². The van der Waals surface area contributed by atoms with Crippen LogP contribution in [0, 0.1) is 0 Å². The largest absolute Gasteiger partial charge is 0.497 e. The molecule has 1 aromatic heterocycles. The van der Waals surface area contributed by atoms with Crippen LogP contribution in [0.5, 0.6) is 11.6 Å². The Labute approximate surface area is 121 Å². The number of methoxy groups -OCH3 is 1.